The second-order valence-electron chi connectivity index (χ2n) is 7.81. The normalized spacial score (nSPS) is 11.7. The van der Waals surface area contributed by atoms with Gasteiger partial charge in [-0.15, -0.1) is 24.8 Å². The third kappa shape index (κ3) is 6.63. The summed E-state index contributed by atoms with van der Waals surface area (Å²) in [6.45, 7) is 0. The third-order valence-corrected chi connectivity index (χ3v) is 5.57. The molecule has 4 nitrogen and oxygen atoms in total. The average Bonchev–Trinajstić information content (AvgIpc) is 2.85. The Morgan fingerprint density at radius 3 is 1.83 bits per heavy atom. The first-order valence-electron chi connectivity index (χ1n) is 10.6. The molecule has 0 spiro atoms. The number of rotatable bonds is 6. The Kier molecular flexibility index (Phi) is 10.0. The summed E-state index contributed by atoms with van der Waals surface area (Å²) in [5.74, 6) is -0.766. The van der Waals surface area contributed by atoms with Crippen LogP contribution in [0.2, 0.25) is 0 Å². The van der Waals surface area contributed by atoms with Gasteiger partial charge in [-0.3, -0.25) is 9.78 Å². The van der Waals surface area contributed by atoms with Crippen LogP contribution in [0, 0.1) is 0 Å². The molecular formula is C27H24Cl2F3N3O. The fourth-order valence-electron chi connectivity index (χ4n) is 3.91. The first-order chi connectivity index (χ1) is 16.3. The Bertz CT molecular complexity index is 1220. The number of aromatic nitrogens is 1. The molecule has 1 aromatic heterocycles. The van der Waals surface area contributed by atoms with Gasteiger partial charge in [0.2, 0.25) is 5.91 Å². The third-order valence-electron chi connectivity index (χ3n) is 5.57. The van der Waals surface area contributed by atoms with E-state index in [9.17, 15) is 18.0 Å². The smallest absolute Gasteiger partial charge is 0.325 e. The van der Waals surface area contributed by atoms with Gasteiger partial charge in [0.1, 0.15) is 0 Å². The summed E-state index contributed by atoms with van der Waals surface area (Å²) in [5, 5.41) is 2.79. The molecule has 0 bridgehead atoms. The van der Waals surface area contributed by atoms with Gasteiger partial charge in [-0.2, -0.15) is 13.2 Å². The van der Waals surface area contributed by atoms with Crippen molar-refractivity contribution in [3.63, 3.8) is 0 Å². The summed E-state index contributed by atoms with van der Waals surface area (Å²) in [5.41, 5.74) is 8.23. The molecule has 1 atom stereocenters. The summed E-state index contributed by atoms with van der Waals surface area (Å²) < 4.78 is 40.0. The van der Waals surface area contributed by atoms with Crippen molar-refractivity contribution in [3.8, 4) is 11.1 Å². The Morgan fingerprint density at radius 1 is 0.806 bits per heavy atom. The lowest BCUT2D eigenvalue weighted by molar-refractivity contribution is -0.137. The molecule has 0 saturated carbocycles. The minimum Gasteiger partial charge on any atom is -0.325 e. The van der Waals surface area contributed by atoms with E-state index in [4.69, 9.17) is 5.73 Å². The van der Waals surface area contributed by atoms with Crippen molar-refractivity contribution in [1.29, 1.82) is 0 Å². The van der Waals surface area contributed by atoms with Crippen LogP contribution < -0.4 is 11.1 Å². The van der Waals surface area contributed by atoms with Crippen LogP contribution in [0.25, 0.3) is 11.1 Å². The van der Waals surface area contributed by atoms with Crippen molar-refractivity contribution < 1.29 is 18.0 Å². The summed E-state index contributed by atoms with van der Waals surface area (Å²) in [6, 6.07) is 25.6. The lowest BCUT2D eigenvalue weighted by atomic mass is 9.85. The van der Waals surface area contributed by atoms with Crippen LogP contribution in [0.1, 0.15) is 22.6 Å². The van der Waals surface area contributed by atoms with E-state index in [1.165, 1.54) is 24.4 Å². The molecule has 0 radical (unpaired) electrons. The zero-order chi connectivity index (χ0) is 24.1. The molecule has 188 valence electrons. The second-order valence-corrected chi connectivity index (χ2v) is 7.81. The summed E-state index contributed by atoms with van der Waals surface area (Å²) >= 11 is 0. The van der Waals surface area contributed by atoms with Crippen LogP contribution in [-0.4, -0.2) is 16.9 Å². The number of anilines is 1. The number of nitrogens with zero attached hydrogens (tertiary/aromatic N) is 1. The summed E-state index contributed by atoms with van der Waals surface area (Å²) in [7, 11) is 0. The zero-order valence-corrected chi connectivity index (χ0v) is 20.5. The van der Waals surface area contributed by atoms with Crippen molar-refractivity contribution in [2.24, 2.45) is 5.73 Å². The van der Waals surface area contributed by atoms with Gasteiger partial charge in [0.25, 0.3) is 0 Å². The number of hydrogen-bond acceptors (Lipinski definition) is 3. The SMILES string of the molecule is Cl.Cl.NC(C(=O)Nc1ccc(-c2ccncc2C(F)(F)F)cc1)C(c1ccccc1)c1ccccc1. The Morgan fingerprint density at radius 2 is 1.33 bits per heavy atom. The molecule has 3 N–H and O–H groups in total. The van der Waals surface area contributed by atoms with E-state index in [1.807, 2.05) is 60.7 Å². The van der Waals surface area contributed by atoms with Gasteiger partial charge in [-0.25, -0.2) is 0 Å². The van der Waals surface area contributed by atoms with Crippen molar-refractivity contribution in [3.05, 3.63) is 120 Å². The van der Waals surface area contributed by atoms with Gasteiger partial charge in [0.15, 0.2) is 0 Å². The van der Waals surface area contributed by atoms with E-state index in [0.717, 1.165) is 17.3 Å². The Hall–Kier alpha value is -3.39. The minimum atomic E-state index is -4.52. The van der Waals surface area contributed by atoms with Crippen molar-refractivity contribution >= 4 is 36.4 Å². The van der Waals surface area contributed by atoms with Crippen LogP contribution in [0.4, 0.5) is 18.9 Å². The van der Waals surface area contributed by atoms with Crippen LogP contribution in [-0.2, 0) is 11.0 Å². The molecule has 3 aromatic carbocycles. The number of amides is 1. The largest absolute Gasteiger partial charge is 0.418 e. The van der Waals surface area contributed by atoms with Crippen LogP contribution in [0.15, 0.2) is 103 Å². The van der Waals surface area contributed by atoms with Crippen LogP contribution >= 0.6 is 24.8 Å². The molecule has 9 heteroatoms. The molecule has 4 aromatic rings. The number of alkyl halides is 3. The van der Waals surface area contributed by atoms with Gasteiger partial charge in [-0.1, -0.05) is 72.8 Å². The number of pyridine rings is 1. The first-order valence-corrected chi connectivity index (χ1v) is 10.6. The van der Waals surface area contributed by atoms with Gasteiger partial charge in [0.05, 0.1) is 11.6 Å². The maximum atomic E-state index is 13.3. The highest BCUT2D eigenvalue weighted by atomic mass is 35.5. The number of hydrogen-bond donors (Lipinski definition) is 2. The maximum Gasteiger partial charge on any atom is 0.418 e. The van der Waals surface area contributed by atoms with Gasteiger partial charge in [-0.05, 0) is 40.5 Å². The molecular weight excluding hydrogens is 510 g/mol. The number of carbonyl (C=O) groups is 1. The molecule has 0 fully saturated rings. The number of nitrogens with two attached hydrogens (primary N) is 1. The Balaban J connectivity index is 0.00000228. The van der Waals surface area contributed by atoms with E-state index in [2.05, 4.69) is 10.3 Å². The van der Waals surface area contributed by atoms with Gasteiger partial charge >= 0.3 is 6.18 Å². The topological polar surface area (TPSA) is 68.0 Å². The Labute approximate surface area is 219 Å². The minimum absolute atomic E-state index is 0. The molecule has 1 unspecified atom stereocenters. The molecule has 4 rings (SSSR count). The molecule has 0 aliphatic heterocycles. The van der Waals surface area contributed by atoms with Crippen molar-refractivity contribution in [2.45, 2.75) is 18.1 Å². The quantitative estimate of drug-likeness (QED) is 0.289. The van der Waals surface area contributed by atoms with E-state index in [0.29, 0.717) is 11.3 Å². The maximum absolute atomic E-state index is 13.3. The first kappa shape index (κ1) is 28.8. The summed E-state index contributed by atoms with van der Waals surface area (Å²) in [6.07, 6.45) is -2.41. The predicted molar refractivity (Wildman–Crippen MR) is 141 cm³/mol. The average molecular weight is 534 g/mol. The van der Waals surface area contributed by atoms with Crippen LogP contribution in [0.3, 0.4) is 0 Å². The molecule has 0 aliphatic carbocycles. The number of nitrogens with one attached hydrogen (secondary N) is 1. The standard InChI is InChI=1S/C27H22F3N3O.2ClH/c28-27(29,30)23-17-32-16-15-22(23)18-11-13-21(14-12-18)33-26(34)25(31)24(19-7-3-1-4-8-19)20-9-5-2-6-10-20;;/h1-17,24-25H,31H2,(H,33,34);2*1H. The highest BCUT2D eigenvalue weighted by molar-refractivity contribution is 5.96. The molecule has 1 amide bonds. The molecule has 1 heterocycles. The fourth-order valence-corrected chi connectivity index (χ4v) is 3.91. The predicted octanol–water partition coefficient (Wildman–Crippen LogP) is 6.71. The van der Waals surface area contributed by atoms with Gasteiger partial charge < -0.3 is 11.1 Å². The number of halogens is 5. The highest BCUT2D eigenvalue weighted by Gasteiger charge is 2.34. The van der Waals surface area contributed by atoms with E-state index in [-0.39, 0.29) is 36.3 Å². The van der Waals surface area contributed by atoms with Gasteiger partial charge in [0, 0.05) is 24.0 Å². The number of benzene rings is 3. The van der Waals surface area contributed by atoms with E-state index >= 15 is 0 Å². The lowest BCUT2D eigenvalue weighted by Crippen LogP contribution is -2.41. The molecule has 0 aliphatic rings. The van der Waals surface area contributed by atoms with E-state index in [1.54, 1.807) is 12.1 Å². The highest BCUT2D eigenvalue weighted by Crippen LogP contribution is 2.36. The van der Waals surface area contributed by atoms with Crippen LogP contribution in [0.5, 0.6) is 0 Å². The lowest BCUT2D eigenvalue weighted by Gasteiger charge is -2.24. The monoisotopic (exact) mass is 533 g/mol. The van der Waals surface area contributed by atoms with Crippen molar-refractivity contribution in [1.82, 2.24) is 4.98 Å². The fraction of sp³-hybridized carbons (Fsp3) is 0.111. The second kappa shape index (κ2) is 12.5. The molecule has 36 heavy (non-hydrogen) atoms. The van der Waals surface area contributed by atoms with Crippen molar-refractivity contribution in [2.75, 3.05) is 5.32 Å². The zero-order valence-electron chi connectivity index (χ0n) is 18.9. The van der Waals surface area contributed by atoms with E-state index < -0.39 is 23.7 Å². The molecule has 0 saturated heterocycles. The summed E-state index contributed by atoms with van der Waals surface area (Å²) in [4.78, 5) is 16.6. The number of carbonyl (C=O) groups excluding carboxylic acids is 1.